The summed E-state index contributed by atoms with van der Waals surface area (Å²) in [5.41, 5.74) is 3.83. The molecule has 0 saturated heterocycles. The number of carboxylic acids is 2. The average molecular weight is 214 g/mol. The molecule has 0 bridgehead atoms. The summed E-state index contributed by atoms with van der Waals surface area (Å²) < 4.78 is 0. The summed E-state index contributed by atoms with van der Waals surface area (Å²) >= 11 is 0. The lowest BCUT2D eigenvalue weighted by Crippen LogP contribution is -2.55. The first-order valence-corrected chi connectivity index (χ1v) is 4.46. The highest BCUT2D eigenvalue weighted by atomic mass is 16.6. The van der Waals surface area contributed by atoms with E-state index in [4.69, 9.17) is 20.8 Å². The largest absolute Gasteiger partial charge is 0.480 e. The van der Waals surface area contributed by atoms with Gasteiger partial charge in [-0.25, -0.2) is 4.79 Å². The van der Waals surface area contributed by atoms with Crippen molar-refractivity contribution in [2.24, 2.45) is 16.8 Å². The van der Waals surface area contributed by atoms with Crippen molar-refractivity contribution in [2.75, 3.05) is 0 Å². The van der Waals surface area contributed by atoms with Crippen LogP contribution in [0, 0.1) is 5.92 Å². The Morgan fingerprint density at radius 2 is 2.20 bits per heavy atom. The van der Waals surface area contributed by atoms with Crippen LogP contribution < -0.4 is 5.73 Å². The molecule has 0 amide bonds. The van der Waals surface area contributed by atoms with E-state index in [1.54, 1.807) is 0 Å². The molecule has 7 nitrogen and oxygen atoms in total. The quantitative estimate of drug-likeness (QED) is 0.542. The highest BCUT2D eigenvalue weighted by molar-refractivity contribution is 6.37. The molecule has 3 atom stereocenters. The summed E-state index contributed by atoms with van der Waals surface area (Å²) in [6, 6.07) is 0. The van der Waals surface area contributed by atoms with Gasteiger partial charge in [0.15, 0.2) is 5.71 Å². The zero-order valence-corrected chi connectivity index (χ0v) is 7.71. The highest BCUT2D eigenvalue weighted by Gasteiger charge is 2.59. The molecule has 1 heterocycles. The molecule has 1 aliphatic carbocycles. The number of nitrogens with zero attached hydrogens (tertiary/aromatic N) is 1. The number of hydrogen-bond acceptors (Lipinski definition) is 5. The Morgan fingerprint density at radius 1 is 1.53 bits per heavy atom. The molecular formula is C8H10N2O5. The first-order chi connectivity index (χ1) is 6.97. The van der Waals surface area contributed by atoms with Crippen LogP contribution in [0.15, 0.2) is 5.16 Å². The smallest absolute Gasteiger partial charge is 0.354 e. The third-order valence-corrected chi connectivity index (χ3v) is 2.97. The fourth-order valence-corrected chi connectivity index (χ4v) is 2.16. The molecular weight excluding hydrogens is 204 g/mol. The Balaban J connectivity index is 2.37. The van der Waals surface area contributed by atoms with Crippen molar-refractivity contribution in [3.8, 4) is 0 Å². The number of carboxylic acid groups (broad SMARTS) is 2. The number of fused-ring (bicyclic) bond motifs is 1. The van der Waals surface area contributed by atoms with Crippen LogP contribution in [0.2, 0.25) is 0 Å². The van der Waals surface area contributed by atoms with Gasteiger partial charge in [0, 0.05) is 0 Å². The molecule has 7 heteroatoms. The van der Waals surface area contributed by atoms with Crippen molar-refractivity contribution in [1.82, 2.24) is 0 Å². The molecule has 0 unspecified atom stereocenters. The van der Waals surface area contributed by atoms with Crippen LogP contribution in [0.3, 0.4) is 0 Å². The van der Waals surface area contributed by atoms with E-state index in [0.29, 0.717) is 6.42 Å². The van der Waals surface area contributed by atoms with Gasteiger partial charge in [-0.2, -0.15) is 0 Å². The third-order valence-electron chi connectivity index (χ3n) is 2.97. The van der Waals surface area contributed by atoms with E-state index in [0.717, 1.165) is 0 Å². The second kappa shape index (κ2) is 2.93. The molecule has 4 N–H and O–H groups in total. The van der Waals surface area contributed by atoms with Crippen LogP contribution in [0.5, 0.6) is 0 Å². The molecule has 1 fully saturated rings. The first kappa shape index (κ1) is 9.91. The van der Waals surface area contributed by atoms with Crippen LogP contribution in [0.1, 0.15) is 12.8 Å². The number of aliphatic carboxylic acids is 2. The average Bonchev–Trinajstić information content (AvgIpc) is 2.68. The van der Waals surface area contributed by atoms with E-state index < -0.39 is 29.5 Å². The van der Waals surface area contributed by atoms with E-state index in [-0.39, 0.29) is 12.1 Å². The lowest BCUT2D eigenvalue weighted by atomic mass is 9.84. The number of nitrogens with two attached hydrogens (primary N) is 1. The van der Waals surface area contributed by atoms with Gasteiger partial charge in [-0.3, -0.25) is 4.79 Å². The van der Waals surface area contributed by atoms with E-state index in [1.165, 1.54) is 0 Å². The molecule has 82 valence electrons. The van der Waals surface area contributed by atoms with E-state index in [1.807, 2.05) is 0 Å². The van der Waals surface area contributed by atoms with Gasteiger partial charge in [0.2, 0.25) is 0 Å². The van der Waals surface area contributed by atoms with Crippen LogP contribution >= 0.6 is 0 Å². The predicted octanol–water partition coefficient (Wildman–Crippen LogP) is -0.982. The van der Waals surface area contributed by atoms with E-state index in [9.17, 15) is 9.59 Å². The summed E-state index contributed by atoms with van der Waals surface area (Å²) in [5.74, 6) is -3.34. The highest BCUT2D eigenvalue weighted by Crippen LogP contribution is 2.40. The van der Waals surface area contributed by atoms with Crippen molar-refractivity contribution in [3.63, 3.8) is 0 Å². The van der Waals surface area contributed by atoms with Gasteiger partial charge in [0.25, 0.3) is 0 Å². The molecule has 1 aliphatic heterocycles. The summed E-state index contributed by atoms with van der Waals surface area (Å²) in [7, 11) is 0. The van der Waals surface area contributed by atoms with Gasteiger partial charge in [-0.15, -0.1) is 0 Å². The molecule has 0 radical (unpaired) electrons. The Labute approximate surface area is 84.5 Å². The lowest BCUT2D eigenvalue weighted by molar-refractivity contribution is -0.144. The Bertz CT molecular complexity index is 366. The fraction of sp³-hybridized carbons (Fsp3) is 0.625. The maximum atomic E-state index is 11.0. The van der Waals surface area contributed by atoms with Gasteiger partial charge < -0.3 is 20.8 Å². The Hall–Kier alpha value is -1.63. The van der Waals surface area contributed by atoms with Crippen LogP contribution in [0.25, 0.3) is 0 Å². The Kier molecular flexibility index (Phi) is 1.93. The van der Waals surface area contributed by atoms with Crippen LogP contribution in [-0.2, 0) is 14.4 Å². The molecule has 1 saturated carbocycles. The SMILES string of the molecule is N[C@]1(C(=O)O)CC[C@H]2ON=C(C(=O)O)[C@@H]21. The standard InChI is InChI=1S/C8H10N2O5/c9-8(7(13)14)2-1-3-4(8)5(6(11)12)10-15-3/h3-4H,1-2,9H2,(H,11,12)(H,13,14)/t3-,4-,8-/m1/s1. The number of carbonyl (C=O) groups is 2. The molecule has 2 rings (SSSR count). The number of oxime groups is 1. The van der Waals surface area contributed by atoms with Gasteiger partial charge in [-0.05, 0) is 12.8 Å². The van der Waals surface area contributed by atoms with E-state index >= 15 is 0 Å². The third kappa shape index (κ3) is 1.19. The van der Waals surface area contributed by atoms with E-state index in [2.05, 4.69) is 5.16 Å². The van der Waals surface area contributed by atoms with Crippen molar-refractivity contribution in [3.05, 3.63) is 0 Å². The second-order valence-electron chi connectivity index (χ2n) is 3.79. The van der Waals surface area contributed by atoms with Crippen molar-refractivity contribution in [2.45, 2.75) is 24.5 Å². The fourth-order valence-electron chi connectivity index (χ4n) is 2.16. The van der Waals surface area contributed by atoms with Gasteiger partial charge >= 0.3 is 11.9 Å². The number of hydrogen-bond donors (Lipinski definition) is 3. The summed E-state index contributed by atoms with van der Waals surface area (Å²) in [4.78, 5) is 26.7. The maximum Gasteiger partial charge on any atom is 0.354 e. The molecule has 2 aliphatic rings. The molecule has 0 aromatic carbocycles. The minimum atomic E-state index is -1.57. The molecule has 0 spiro atoms. The zero-order valence-electron chi connectivity index (χ0n) is 7.71. The number of rotatable bonds is 2. The van der Waals surface area contributed by atoms with Crippen LogP contribution in [-0.4, -0.2) is 39.5 Å². The topological polar surface area (TPSA) is 122 Å². The summed E-state index contributed by atoms with van der Waals surface area (Å²) in [6.45, 7) is 0. The van der Waals surface area contributed by atoms with Crippen molar-refractivity contribution >= 4 is 17.7 Å². The second-order valence-corrected chi connectivity index (χ2v) is 3.79. The normalized spacial score (nSPS) is 38.1. The van der Waals surface area contributed by atoms with Crippen molar-refractivity contribution < 1.29 is 24.6 Å². The first-order valence-electron chi connectivity index (χ1n) is 4.46. The van der Waals surface area contributed by atoms with Gasteiger partial charge in [-0.1, -0.05) is 5.16 Å². The van der Waals surface area contributed by atoms with Gasteiger partial charge in [0.05, 0.1) is 5.92 Å². The predicted molar refractivity (Wildman–Crippen MR) is 47.2 cm³/mol. The lowest BCUT2D eigenvalue weighted by Gasteiger charge is -2.24. The zero-order chi connectivity index (χ0) is 11.2. The van der Waals surface area contributed by atoms with Crippen LogP contribution in [0.4, 0.5) is 0 Å². The minimum Gasteiger partial charge on any atom is -0.480 e. The monoisotopic (exact) mass is 214 g/mol. The summed E-state index contributed by atoms with van der Waals surface area (Å²) in [6.07, 6.45) is 0.0924. The molecule has 15 heavy (non-hydrogen) atoms. The minimum absolute atomic E-state index is 0.198. The molecule has 0 aromatic rings. The maximum absolute atomic E-state index is 11.0. The van der Waals surface area contributed by atoms with Gasteiger partial charge in [0.1, 0.15) is 11.6 Å². The Morgan fingerprint density at radius 3 is 2.73 bits per heavy atom. The summed E-state index contributed by atoms with van der Waals surface area (Å²) in [5, 5.41) is 21.2. The van der Waals surface area contributed by atoms with Crippen molar-refractivity contribution in [1.29, 1.82) is 0 Å². The molecule has 0 aromatic heterocycles.